The Labute approximate surface area is 56.6 Å². The number of ether oxygens (including phenoxy) is 1. The summed E-state index contributed by atoms with van der Waals surface area (Å²) in [6.07, 6.45) is -1.51. The summed E-state index contributed by atoms with van der Waals surface area (Å²) >= 11 is 1.62. The molecule has 0 radical (unpaired) electrons. The van der Waals surface area contributed by atoms with Crippen LogP contribution >= 0.6 is 11.8 Å². The average Bonchev–Trinajstić information content (AvgIpc) is 2.15. The monoisotopic (exact) mass is 149 g/mol. The highest BCUT2D eigenvalue weighted by Gasteiger charge is 2.17. The Morgan fingerprint density at radius 1 is 1.89 bits per heavy atom. The second-order valence-electron chi connectivity index (χ2n) is 1.59. The third-order valence-corrected chi connectivity index (χ3v) is 1.83. The first-order valence-corrected chi connectivity index (χ1v) is 3.65. The van der Waals surface area contributed by atoms with E-state index in [1.807, 2.05) is 0 Å². The molecule has 0 aliphatic carbocycles. The van der Waals surface area contributed by atoms with E-state index in [2.05, 4.69) is 10.1 Å². The Hall–Kier alpha value is -0.420. The average molecular weight is 149 g/mol. The van der Waals surface area contributed by atoms with Gasteiger partial charge in [-0.3, -0.25) is 5.32 Å². The first-order valence-electron chi connectivity index (χ1n) is 2.50. The molecular weight excluding hydrogens is 142 g/mol. The van der Waals surface area contributed by atoms with Gasteiger partial charge in [-0.15, -0.1) is 11.8 Å². The molecule has 0 bridgehead atoms. The molecule has 52 valence electrons. The molecule has 0 aromatic heterocycles. The van der Waals surface area contributed by atoms with Crippen molar-refractivity contribution in [1.29, 1.82) is 0 Å². The summed E-state index contributed by atoms with van der Waals surface area (Å²) in [6.45, 7) is 0. The topological polar surface area (TPSA) is 58.6 Å². The van der Waals surface area contributed by atoms with Gasteiger partial charge in [0.1, 0.15) is 0 Å². The highest BCUT2D eigenvalue weighted by atomic mass is 32.2. The van der Waals surface area contributed by atoms with Gasteiger partial charge in [-0.05, 0) is 0 Å². The molecule has 1 atom stereocenters. The molecule has 1 rings (SSSR count). The highest BCUT2D eigenvalue weighted by molar-refractivity contribution is 7.99. The predicted octanol–water partition coefficient (Wildman–Crippen LogP) is 0.301. The molecule has 1 unspecified atom stereocenters. The summed E-state index contributed by atoms with van der Waals surface area (Å²) in [5.41, 5.74) is 0. The van der Waals surface area contributed by atoms with Crippen molar-refractivity contribution < 1.29 is 14.6 Å². The smallest absolute Gasteiger partial charge is 0.450 e. The van der Waals surface area contributed by atoms with Crippen LogP contribution < -0.4 is 5.32 Å². The molecule has 9 heavy (non-hydrogen) atoms. The first kappa shape index (κ1) is 6.70. The molecule has 1 fully saturated rings. The molecular formula is C4H7NO3S. The van der Waals surface area contributed by atoms with Crippen LogP contribution in [0, 0.1) is 0 Å². The quantitative estimate of drug-likeness (QED) is 0.525. The summed E-state index contributed by atoms with van der Waals surface area (Å²) < 4.78 is 4.40. The van der Waals surface area contributed by atoms with E-state index in [-0.39, 0.29) is 6.23 Å². The fraction of sp³-hybridized carbons (Fsp3) is 0.750. The van der Waals surface area contributed by atoms with Crippen molar-refractivity contribution >= 4 is 17.9 Å². The Morgan fingerprint density at radius 3 is 3.11 bits per heavy atom. The van der Waals surface area contributed by atoms with Crippen LogP contribution in [0.5, 0.6) is 0 Å². The van der Waals surface area contributed by atoms with Gasteiger partial charge in [0.2, 0.25) is 0 Å². The zero-order valence-corrected chi connectivity index (χ0v) is 5.48. The molecule has 2 N–H and O–H groups in total. The van der Waals surface area contributed by atoms with E-state index in [0.29, 0.717) is 5.75 Å². The number of rotatable bonds is 1. The summed E-state index contributed by atoms with van der Waals surface area (Å²) in [4.78, 5) is 9.88. The lowest BCUT2D eigenvalue weighted by Gasteiger charge is -2.05. The second kappa shape index (κ2) is 2.93. The molecule has 0 spiro atoms. The summed E-state index contributed by atoms with van der Waals surface area (Å²) in [7, 11) is 0. The van der Waals surface area contributed by atoms with Crippen molar-refractivity contribution in [1.82, 2.24) is 5.32 Å². The van der Waals surface area contributed by atoms with Gasteiger partial charge in [0.05, 0.1) is 0 Å². The van der Waals surface area contributed by atoms with Crippen LogP contribution in [0.25, 0.3) is 0 Å². The van der Waals surface area contributed by atoms with Crippen molar-refractivity contribution in [3.63, 3.8) is 0 Å². The fourth-order valence-corrected chi connectivity index (χ4v) is 1.40. The van der Waals surface area contributed by atoms with Gasteiger partial charge in [-0.1, -0.05) is 0 Å². The predicted molar refractivity (Wildman–Crippen MR) is 33.4 cm³/mol. The minimum Gasteiger partial charge on any atom is -0.450 e. The SMILES string of the molecule is O=C(O)OC1CSCN1. The van der Waals surface area contributed by atoms with E-state index in [0.717, 1.165) is 5.88 Å². The maximum absolute atomic E-state index is 9.88. The fourth-order valence-electron chi connectivity index (χ4n) is 0.574. The lowest BCUT2D eigenvalue weighted by atomic mass is 10.7. The molecule has 0 amide bonds. The Morgan fingerprint density at radius 2 is 2.67 bits per heavy atom. The molecule has 5 heteroatoms. The van der Waals surface area contributed by atoms with Crippen LogP contribution in [0.3, 0.4) is 0 Å². The molecule has 1 saturated heterocycles. The minimum atomic E-state index is -1.21. The Bertz CT molecular complexity index is 112. The lowest BCUT2D eigenvalue weighted by molar-refractivity contribution is 0.0525. The number of hydrogen-bond donors (Lipinski definition) is 2. The van der Waals surface area contributed by atoms with Gasteiger partial charge >= 0.3 is 6.16 Å². The van der Waals surface area contributed by atoms with Crippen molar-refractivity contribution in [2.24, 2.45) is 0 Å². The van der Waals surface area contributed by atoms with E-state index >= 15 is 0 Å². The van der Waals surface area contributed by atoms with E-state index < -0.39 is 6.16 Å². The molecule has 1 aliphatic rings. The van der Waals surface area contributed by atoms with Crippen LogP contribution in [0.4, 0.5) is 4.79 Å². The molecule has 4 nitrogen and oxygen atoms in total. The van der Waals surface area contributed by atoms with E-state index in [1.165, 1.54) is 0 Å². The first-order chi connectivity index (χ1) is 4.29. The maximum Gasteiger partial charge on any atom is 0.507 e. The van der Waals surface area contributed by atoms with Crippen LogP contribution in [-0.2, 0) is 4.74 Å². The third-order valence-electron chi connectivity index (χ3n) is 0.925. The molecule has 1 aliphatic heterocycles. The summed E-state index contributed by atoms with van der Waals surface area (Å²) in [5, 5.41) is 11.0. The minimum absolute atomic E-state index is 0.299. The van der Waals surface area contributed by atoms with Crippen molar-refractivity contribution in [2.75, 3.05) is 11.6 Å². The summed E-state index contributed by atoms with van der Waals surface area (Å²) in [6, 6.07) is 0. The number of hydrogen-bond acceptors (Lipinski definition) is 4. The van der Waals surface area contributed by atoms with Crippen molar-refractivity contribution in [3.05, 3.63) is 0 Å². The normalized spacial score (nSPS) is 26.0. The maximum atomic E-state index is 9.88. The van der Waals surface area contributed by atoms with Crippen molar-refractivity contribution in [2.45, 2.75) is 6.23 Å². The highest BCUT2D eigenvalue weighted by Crippen LogP contribution is 2.09. The number of carboxylic acid groups (broad SMARTS) is 1. The molecule has 0 aromatic rings. The van der Waals surface area contributed by atoms with E-state index in [1.54, 1.807) is 11.8 Å². The van der Waals surface area contributed by atoms with Gasteiger partial charge < -0.3 is 9.84 Å². The Kier molecular flexibility index (Phi) is 2.18. The standard InChI is InChI=1S/C4H7NO3S/c6-4(7)8-3-1-9-2-5-3/h3,5H,1-2H2,(H,6,7). The zero-order chi connectivity index (χ0) is 6.69. The van der Waals surface area contributed by atoms with Crippen LogP contribution in [0.15, 0.2) is 0 Å². The van der Waals surface area contributed by atoms with Gasteiger partial charge in [0, 0.05) is 11.6 Å². The third kappa shape index (κ3) is 2.11. The zero-order valence-electron chi connectivity index (χ0n) is 4.66. The van der Waals surface area contributed by atoms with Gasteiger partial charge in [0.15, 0.2) is 6.23 Å². The number of nitrogens with one attached hydrogen (secondary N) is 1. The largest absolute Gasteiger partial charge is 0.507 e. The molecule has 0 saturated carbocycles. The summed E-state index contributed by atoms with van der Waals surface area (Å²) in [5.74, 6) is 1.49. The van der Waals surface area contributed by atoms with Crippen molar-refractivity contribution in [3.8, 4) is 0 Å². The lowest BCUT2D eigenvalue weighted by Crippen LogP contribution is -2.28. The van der Waals surface area contributed by atoms with Crippen LogP contribution in [0.1, 0.15) is 0 Å². The van der Waals surface area contributed by atoms with Gasteiger partial charge in [-0.25, -0.2) is 4.79 Å². The molecule has 1 heterocycles. The number of thioether (sulfide) groups is 1. The number of carbonyl (C=O) groups is 1. The van der Waals surface area contributed by atoms with E-state index in [9.17, 15) is 4.79 Å². The Balaban J connectivity index is 2.19. The van der Waals surface area contributed by atoms with Gasteiger partial charge in [0.25, 0.3) is 0 Å². The van der Waals surface area contributed by atoms with Crippen LogP contribution in [-0.4, -0.2) is 29.1 Å². The molecule has 0 aromatic carbocycles. The second-order valence-corrected chi connectivity index (χ2v) is 2.62. The van der Waals surface area contributed by atoms with Gasteiger partial charge in [-0.2, -0.15) is 0 Å². The van der Waals surface area contributed by atoms with E-state index in [4.69, 9.17) is 5.11 Å². The van der Waals surface area contributed by atoms with Crippen LogP contribution in [0.2, 0.25) is 0 Å².